The summed E-state index contributed by atoms with van der Waals surface area (Å²) in [5, 5.41) is 49.4. The fourth-order valence-corrected chi connectivity index (χ4v) is 3.36. The summed E-state index contributed by atoms with van der Waals surface area (Å²) in [5.41, 5.74) is 0. The van der Waals surface area contributed by atoms with Crippen molar-refractivity contribution in [3.8, 4) is 0 Å². The molecule has 4 unspecified atom stereocenters. The van der Waals surface area contributed by atoms with E-state index in [9.17, 15) is 49.6 Å². The van der Waals surface area contributed by atoms with Crippen LogP contribution >= 0.6 is 16.1 Å². The fraction of sp³-hybridized carbons (Fsp3) is 1.00. The monoisotopic (exact) mass is 304 g/mol. The molecular formula is C6H10O10P2. The van der Waals surface area contributed by atoms with Crippen LogP contribution in [0.1, 0.15) is 0 Å². The van der Waals surface area contributed by atoms with E-state index in [0.29, 0.717) is 0 Å². The van der Waals surface area contributed by atoms with E-state index in [0.717, 1.165) is 0 Å². The lowest BCUT2D eigenvalue weighted by Crippen LogP contribution is -2.74. The van der Waals surface area contributed by atoms with E-state index in [2.05, 4.69) is 0 Å². The van der Waals surface area contributed by atoms with Gasteiger partial charge in [0.25, 0.3) is 0 Å². The van der Waals surface area contributed by atoms with Crippen molar-refractivity contribution < 1.29 is 49.6 Å². The third-order valence-electron chi connectivity index (χ3n) is 2.91. The Kier molecular flexibility index (Phi) is 4.22. The van der Waals surface area contributed by atoms with Crippen molar-refractivity contribution in [1.29, 1.82) is 0 Å². The molecule has 0 spiro atoms. The van der Waals surface area contributed by atoms with Crippen molar-refractivity contribution in [2.45, 2.75) is 35.1 Å². The van der Waals surface area contributed by atoms with Gasteiger partial charge in [-0.2, -0.15) is 0 Å². The Morgan fingerprint density at radius 2 is 1.11 bits per heavy atom. The van der Waals surface area contributed by atoms with Gasteiger partial charge in [-0.05, 0) is 0 Å². The van der Waals surface area contributed by atoms with Crippen LogP contribution < -0.4 is 9.79 Å². The van der Waals surface area contributed by atoms with Crippen molar-refractivity contribution >= 4 is 16.1 Å². The molecule has 0 aliphatic heterocycles. The van der Waals surface area contributed by atoms with Crippen LogP contribution in [0.25, 0.3) is 0 Å². The number of hydrogen-bond donors (Lipinski definition) is 6. The molecule has 104 valence electrons. The Morgan fingerprint density at radius 1 is 0.833 bits per heavy atom. The van der Waals surface area contributed by atoms with E-state index < -0.39 is 51.2 Å². The standard InChI is InChI=1S/C6H10O10P2/c7-1-2(8)5(11,17(13)14)4(10)6(12,3(1)9)18(15)16/h1-4,7-12H/t1?,2-,3+,4?,5+,6-. The second-order valence-electron chi connectivity index (χ2n) is 3.86. The van der Waals surface area contributed by atoms with E-state index >= 15 is 0 Å². The third kappa shape index (κ3) is 1.83. The summed E-state index contributed by atoms with van der Waals surface area (Å²) in [5.74, 6) is 0. The van der Waals surface area contributed by atoms with E-state index in [1.54, 1.807) is 0 Å². The summed E-state index contributed by atoms with van der Waals surface area (Å²) < 4.78 is 21.7. The highest BCUT2D eigenvalue weighted by Crippen LogP contribution is 2.52. The maximum absolute atomic E-state index is 10.8. The van der Waals surface area contributed by atoms with Crippen molar-refractivity contribution in [2.24, 2.45) is 0 Å². The van der Waals surface area contributed by atoms with Crippen LogP contribution in [0.3, 0.4) is 0 Å². The molecule has 12 heteroatoms. The minimum Gasteiger partial charge on any atom is -0.593 e. The topological polar surface area (TPSA) is 202 Å². The summed E-state index contributed by atoms with van der Waals surface area (Å²) >= 11 is 0. The molecule has 0 aromatic carbocycles. The Morgan fingerprint density at radius 3 is 1.33 bits per heavy atom. The molecule has 6 N–H and O–H groups in total. The van der Waals surface area contributed by atoms with Crippen LogP contribution in [-0.4, -0.2) is 65.7 Å². The number of aliphatic hydroxyl groups is 6. The minimum absolute atomic E-state index is 2.50. The lowest BCUT2D eigenvalue weighted by atomic mass is 9.83. The van der Waals surface area contributed by atoms with E-state index in [1.165, 1.54) is 0 Å². The zero-order chi connectivity index (χ0) is 14.5. The summed E-state index contributed by atoms with van der Waals surface area (Å²) in [6, 6.07) is 0. The molecule has 8 atom stereocenters. The fourth-order valence-electron chi connectivity index (χ4n) is 1.73. The quantitative estimate of drug-likeness (QED) is 0.268. The predicted molar refractivity (Wildman–Crippen MR) is 49.1 cm³/mol. The van der Waals surface area contributed by atoms with Crippen molar-refractivity contribution in [2.75, 3.05) is 0 Å². The van der Waals surface area contributed by atoms with Crippen LogP contribution in [0.2, 0.25) is 0 Å². The number of hydrogen-bond acceptors (Lipinski definition) is 10. The molecule has 0 heterocycles. The Hall–Kier alpha value is -0.120. The average molecular weight is 304 g/mol. The Bertz CT molecular complexity index is 355. The third-order valence-corrected chi connectivity index (χ3v) is 5.10. The zero-order valence-electron chi connectivity index (χ0n) is 8.52. The molecule has 1 fully saturated rings. The summed E-state index contributed by atoms with van der Waals surface area (Å²) in [6.45, 7) is 0. The van der Waals surface area contributed by atoms with Crippen LogP contribution in [0, 0.1) is 0 Å². The Labute approximate surface area is 101 Å². The normalized spacial score (nSPS) is 50.9. The molecule has 18 heavy (non-hydrogen) atoms. The second-order valence-corrected chi connectivity index (χ2v) is 6.32. The zero-order valence-corrected chi connectivity index (χ0v) is 10.3. The summed E-state index contributed by atoms with van der Waals surface area (Å²) in [6.07, 6.45) is -10.7. The van der Waals surface area contributed by atoms with Gasteiger partial charge < -0.3 is 40.4 Å². The summed E-state index contributed by atoms with van der Waals surface area (Å²) in [4.78, 5) is 21.7. The molecule has 1 aliphatic carbocycles. The van der Waals surface area contributed by atoms with Gasteiger partial charge in [0, 0.05) is 0 Å². The second kappa shape index (κ2) is 4.77. The van der Waals surface area contributed by atoms with E-state index in [4.69, 9.17) is 0 Å². The molecule has 0 saturated heterocycles. The first-order chi connectivity index (χ1) is 8.02. The van der Waals surface area contributed by atoms with Gasteiger partial charge >= 0.3 is 26.7 Å². The van der Waals surface area contributed by atoms with Gasteiger partial charge in [0.2, 0.25) is 6.10 Å². The molecule has 1 saturated carbocycles. The molecule has 10 nitrogen and oxygen atoms in total. The van der Waals surface area contributed by atoms with Gasteiger partial charge in [0.15, 0.2) is 12.2 Å². The van der Waals surface area contributed by atoms with Gasteiger partial charge in [-0.25, -0.2) is 0 Å². The first kappa shape index (κ1) is 15.9. The molecule has 0 aromatic rings. The molecule has 0 radical (unpaired) electrons. The molecule has 1 aliphatic rings. The van der Waals surface area contributed by atoms with E-state index in [-0.39, 0.29) is 0 Å². The highest BCUT2D eigenvalue weighted by atomic mass is 31.1. The van der Waals surface area contributed by atoms with Gasteiger partial charge in [0.05, 0.1) is 0 Å². The molecular weight excluding hydrogens is 294 g/mol. The van der Waals surface area contributed by atoms with Crippen LogP contribution in [0.15, 0.2) is 0 Å². The Balaban J connectivity index is 3.43. The van der Waals surface area contributed by atoms with Gasteiger partial charge in [-0.15, -0.1) is 0 Å². The summed E-state index contributed by atoms with van der Waals surface area (Å²) in [7, 11) is -8.10. The molecule has 1 rings (SSSR count). The van der Waals surface area contributed by atoms with Crippen LogP contribution in [0.5, 0.6) is 0 Å². The number of aliphatic hydroxyl groups excluding tert-OH is 4. The van der Waals surface area contributed by atoms with E-state index in [1.807, 2.05) is 0 Å². The SMILES string of the molecule is O=[P+]([O-])[C@@]1(O)C(O)[C@@](O)([P+](=O)[O-])[C@H](O)C(O)[C@@H]1O. The first-order valence-corrected chi connectivity index (χ1v) is 6.83. The lowest BCUT2D eigenvalue weighted by Gasteiger charge is -2.44. The van der Waals surface area contributed by atoms with Crippen LogP contribution in [0.4, 0.5) is 0 Å². The van der Waals surface area contributed by atoms with Crippen LogP contribution in [-0.2, 0) is 9.13 Å². The van der Waals surface area contributed by atoms with Crippen molar-refractivity contribution in [3.05, 3.63) is 0 Å². The average Bonchev–Trinajstić information content (AvgIpc) is 2.30. The van der Waals surface area contributed by atoms with Crippen molar-refractivity contribution in [3.63, 3.8) is 0 Å². The van der Waals surface area contributed by atoms with Gasteiger partial charge in [-0.3, -0.25) is 0 Å². The van der Waals surface area contributed by atoms with Crippen molar-refractivity contribution in [1.82, 2.24) is 0 Å². The minimum atomic E-state index is -4.05. The largest absolute Gasteiger partial charge is 0.593 e. The highest BCUT2D eigenvalue weighted by molar-refractivity contribution is 7.39. The predicted octanol–water partition coefficient (Wildman–Crippen LogP) is -4.97. The van der Waals surface area contributed by atoms with Gasteiger partial charge in [0.1, 0.15) is 6.10 Å². The maximum atomic E-state index is 10.8. The lowest BCUT2D eigenvalue weighted by molar-refractivity contribution is -0.284. The first-order valence-electron chi connectivity index (χ1n) is 4.48. The highest BCUT2D eigenvalue weighted by Gasteiger charge is 2.77. The molecule has 0 aromatic heterocycles. The maximum Gasteiger partial charge on any atom is 0.350 e. The molecule has 0 bridgehead atoms. The smallest absolute Gasteiger partial charge is 0.350 e. The van der Waals surface area contributed by atoms with Gasteiger partial charge in [-0.1, -0.05) is 9.13 Å². The molecule has 0 amide bonds. The number of rotatable bonds is 2.